The van der Waals surface area contributed by atoms with Crippen LogP contribution in [-0.2, 0) is 9.47 Å². The zero-order valence-corrected chi connectivity index (χ0v) is 13.0. The number of hydrogen-bond donors (Lipinski definition) is 2. The van der Waals surface area contributed by atoms with Gasteiger partial charge in [-0.05, 0) is 19.4 Å². The molecule has 1 heterocycles. The van der Waals surface area contributed by atoms with E-state index in [1.165, 1.54) is 13.3 Å². The van der Waals surface area contributed by atoms with E-state index in [0.717, 1.165) is 6.42 Å². The van der Waals surface area contributed by atoms with Crippen LogP contribution < -0.4 is 11.1 Å². The number of rotatable bonds is 5. The number of aromatic nitrogens is 1. The highest BCUT2D eigenvalue weighted by atomic mass is 16.5. The van der Waals surface area contributed by atoms with Gasteiger partial charge in [-0.25, -0.2) is 9.78 Å². The zero-order chi connectivity index (χ0) is 15.6. The summed E-state index contributed by atoms with van der Waals surface area (Å²) in [6.45, 7) is 7.04. The number of nitrogens with zero attached hydrogens (tertiary/aromatic N) is 1. The first kappa shape index (κ1) is 15.6. The van der Waals surface area contributed by atoms with Gasteiger partial charge in [0.05, 0.1) is 30.7 Å². The third kappa shape index (κ3) is 2.95. The van der Waals surface area contributed by atoms with Crippen molar-refractivity contribution in [3.63, 3.8) is 0 Å². The standard InChI is InChI=1S/C15H23N3O3/c1-5-21-12-7-11(15(12,2)3)18-13-6-9(14(19)20-4)10(16)8-17-13/h6,8,11-12H,5,7,16H2,1-4H3,(H,17,18). The summed E-state index contributed by atoms with van der Waals surface area (Å²) in [5.74, 6) is 0.163. The van der Waals surface area contributed by atoms with Crippen molar-refractivity contribution in [1.29, 1.82) is 0 Å². The molecule has 0 aromatic carbocycles. The molecular weight excluding hydrogens is 270 g/mol. The fraction of sp³-hybridized carbons (Fsp3) is 0.600. The van der Waals surface area contributed by atoms with Crippen molar-refractivity contribution in [3.05, 3.63) is 17.8 Å². The molecule has 0 spiro atoms. The number of methoxy groups -OCH3 is 1. The second kappa shape index (κ2) is 5.89. The van der Waals surface area contributed by atoms with Gasteiger partial charge in [0, 0.05) is 18.1 Å². The lowest BCUT2D eigenvalue weighted by Gasteiger charge is -2.51. The number of esters is 1. The van der Waals surface area contributed by atoms with E-state index in [1.807, 2.05) is 6.92 Å². The summed E-state index contributed by atoms with van der Waals surface area (Å²) in [5, 5.41) is 3.35. The van der Waals surface area contributed by atoms with Crippen molar-refractivity contribution in [1.82, 2.24) is 4.98 Å². The van der Waals surface area contributed by atoms with Crippen molar-refractivity contribution < 1.29 is 14.3 Å². The van der Waals surface area contributed by atoms with E-state index in [-0.39, 0.29) is 17.6 Å². The van der Waals surface area contributed by atoms with Crippen LogP contribution in [0.5, 0.6) is 0 Å². The minimum absolute atomic E-state index is 0.0184. The zero-order valence-electron chi connectivity index (χ0n) is 13.0. The largest absolute Gasteiger partial charge is 0.465 e. The lowest BCUT2D eigenvalue weighted by Crippen LogP contribution is -2.58. The lowest BCUT2D eigenvalue weighted by molar-refractivity contribution is -0.0976. The van der Waals surface area contributed by atoms with Gasteiger partial charge in [0.1, 0.15) is 5.82 Å². The predicted molar refractivity (Wildman–Crippen MR) is 81.2 cm³/mol. The average Bonchev–Trinajstić information content (AvgIpc) is 2.47. The van der Waals surface area contributed by atoms with E-state index in [0.29, 0.717) is 23.7 Å². The molecule has 1 aromatic heterocycles. The summed E-state index contributed by atoms with van der Waals surface area (Å²) in [6.07, 6.45) is 2.63. The first-order valence-electron chi connectivity index (χ1n) is 7.12. The molecular formula is C15H23N3O3. The van der Waals surface area contributed by atoms with Crippen molar-refractivity contribution in [2.24, 2.45) is 5.41 Å². The van der Waals surface area contributed by atoms with Crippen LogP contribution in [0.2, 0.25) is 0 Å². The van der Waals surface area contributed by atoms with Crippen LogP contribution in [0, 0.1) is 5.41 Å². The molecule has 6 heteroatoms. The van der Waals surface area contributed by atoms with Crippen LogP contribution in [0.4, 0.5) is 11.5 Å². The molecule has 3 N–H and O–H groups in total. The normalized spacial score (nSPS) is 23.2. The minimum Gasteiger partial charge on any atom is -0.465 e. The van der Waals surface area contributed by atoms with Crippen molar-refractivity contribution in [3.8, 4) is 0 Å². The fourth-order valence-electron chi connectivity index (χ4n) is 2.62. The second-order valence-electron chi connectivity index (χ2n) is 5.85. The summed E-state index contributed by atoms with van der Waals surface area (Å²) >= 11 is 0. The summed E-state index contributed by atoms with van der Waals surface area (Å²) in [6, 6.07) is 1.88. The Morgan fingerprint density at radius 2 is 2.29 bits per heavy atom. The Bertz CT molecular complexity index is 531. The van der Waals surface area contributed by atoms with Crippen LogP contribution >= 0.6 is 0 Å². The number of nitrogens with one attached hydrogen (secondary N) is 1. The summed E-state index contributed by atoms with van der Waals surface area (Å²) < 4.78 is 10.4. The van der Waals surface area contributed by atoms with Gasteiger partial charge in [-0.1, -0.05) is 13.8 Å². The molecule has 1 fully saturated rings. The summed E-state index contributed by atoms with van der Waals surface area (Å²) in [5.41, 5.74) is 6.41. The van der Waals surface area contributed by atoms with Gasteiger partial charge in [0.2, 0.25) is 0 Å². The Balaban J connectivity index is 2.10. The molecule has 2 unspecified atom stereocenters. The molecule has 2 rings (SSSR count). The minimum atomic E-state index is -0.460. The third-order valence-corrected chi connectivity index (χ3v) is 4.21. The first-order valence-corrected chi connectivity index (χ1v) is 7.12. The molecule has 1 aliphatic carbocycles. The molecule has 21 heavy (non-hydrogen) atoms. The second-order valence-corrected chi connectivity index (χ2v) is 5.85. The Kier molecular flexibility index (Phi) is 4.37. The van der Waals surface area contributed by atoms with Crippen LogP contribution in [0.15, 0.2) is 12.3 Å². The summed E-state index contributed by atoms with van der Waals surface area (Å²) in [4.78, 5) is 15.9. The van der Waals surface area contributed by atoms with Gasteiger partial charge in [-0.3, -0.25) is 0 Å². The van der Waals surface area contributed by atoms with E-state index in [1.54, 1.807) is 6.07 Å². The van der Waals surface area contributed by atoms with Gasteiger partial charge in [-0.15, -0.1) is 0 Å². The number of carbonyl (C=O) groups excluding carboxylic acids is 1. The van der Waals surface area contributed by atoms with Crippen molar-refractivity contribution in [2.45, 2.75) is 39.3 Å². The van der Waals surface area contributed by atoms with Crippen LogP contribution in [0.1, 0.15) is 37.6 Å². The van der Waals surface area contributed by atoms with E-state index in [2.05, 4.69) is 24.1 Å². The topological polar surface area (TPSA) is 86.5 Å². The molecule has 0 aliphatic heterocycles. The number of nitrogens with two attached hydrogens (primary N) is 1. The molecule has 1 aromatic rings. The lowest BCUT2D eigenvalue weighted by atomic mass is 9.64. The summed E-state index contributed by atoms with van der Waals surface area (Å²) in [7, 11) is 1.33. The quantitative estimate of drug-likeness (QED) is 0.808. The number of hydrogen-bond acceptors (Lipinski definition) is 6. The van der Waals surface area contributed by atoms with Gasteiger partial charge < -0.3 is 20.5 Å². The van der Waals surface area contributed by atoms with E-state index < -0.39 is 5.97 Å². The van der Waals surface area contributed by atoms with Gasteiger partial charge in [0.15, 0.2) is 0 Å². The predicted octanol–water partition coefficient (Wildman–Crippen LogP) is 2.07. The highest BCUT2D eigenvalue weighted by Gasteiger charge is 2.49. The number of pyridine rings is 1. The van der Waals surface area contributed by atoms with E-state index in [4.69, 9.17) is 15.2 Å². The molecule has 116 valence electrons. The average molecular weight is 293 g/mol. The Labute approximate surface area is 125 Å². The number of anilines is 2. The van der Waals surface area contributed by atoms with Gasteiger partial charge in [-0.2, -0.15) is 0 Å². The Hall–Kier alpha value is -1.82. The first-order chi connectivity index (χ1) is 9.90. The molecule has 0 saturated heterocycles. The number of carbonyl (C=O) groups is 1. The highest BCUT2D eigenvalue weighted by Crippen LogP contribution is 2.44. The Morgan fingerprint density at radius 1 is 1.57 bits per heavy atom. The molecule has 1 aliphatic rings. The van der Waals surface area contributed by atoms with Gasteiger partial charge in [0.25, 0.3) is 0 Å². The number of ether oxygens (including phenoxy) is 2. The third-order valence-electron chi connectivity index (χ3n) is 4.21. The van der Waals surface area contributed by atoms with Crippen LogP contribution in [0.3, 0.4) is 0 Å². The van der Waals surface area contributed by atoms with Crippen molar-refractivity contribution in [2.75, 3.05) is 24.8 Å². The fourth-order valence-corrected chi connectivity index (χ4v) is 2.62. The van der Waals surface area contributed by atoms with Gasteiger partial charge >= 0.3 is 5.97 Å². The molecule has 0 bridgehead atoms. The molecule has 2 atom stereocenters. The maximum absolute atomic E-state index is 11.6. The van der Waals surface area contributed by atoms with E-state index >= 15 is 0 Å². The SMILES string of the molecule is CCOC1CC(Nc2cc(C(=O)OC)c(N)cn2)C1(C)C. The molecule has 6 nitrogen and oxygen atoms in total. The molecule has 0 amide bonds. The monoisotopic (exact) mass is 293 g/mol. The molecule has 1 saturated carbocycles. The Morgan fingerprint density at radius 3 is 2.86 bits per heavy atom. The van der Waals surface area contributed by atoms with Crippen LogP contribution in [0.25, 0.3) is 0 Å². The van der Waals surface area contributed by atoms with Crippen molar-refractivity contribution >= 4 is 17.5 Å². The van der Waals surface area contributed by atoms with Crippen LogP contribution in [-0.4, -0.2) is 36.8 Å². The smallest absolute Gasteiger partial charge is 0.340 e. The van der Waals surface area contributed by atoms with E-state index in [9.17, 15) is 4.79 Å². The molecule has 0 radical (unpaired) electrons. The number of nitrogen functional groups attached to an aromatic ring is 1. The maximum atomic E-state index is 11.6. The maximum Gasteiger partial charge on any atom is 0.340 e. The highest BCUT2D eigenvalue weighted by molar-refractivity contribution is 5.95.